The van der Waals surface area contributed by atoms with E-state index in [1.165, 1.54) is 11.1 Å². The van der Waals surface area contributed by atoms with Crippen LogP contribution in [0.3, 0.4) is 0 Å². The molecular formula is C25H23N5O. The van der Waals surface area contributed by atoms with Crippen molar-refractivity contribution in [2.45, 2.75) is 19.9 Å². The fourth-order valence-electron chi connectivity index (χ4n) is 4.31. The van der Waals surface area contributed by atoms with Gasteiger partial charge >= 0.3 is 0 Å². The van der Waals surface area contributed by atoms with Crippen LogP contribution in [0.25, 0.3) is 22.0 Å². The fourth-order valence-corrected chi connectivity index (χ4v) is 4.31. The second-order valence-corrected chi connectivity index (χ2v) is 7.86. The monoisotopic (exact) mass is 409 g/mol. The van der Waals surface area contributed by atoms with Gasteiger partial charge in [-0.25, -0.2) is 9.97 Å². The van der Waals surface area contributed by atoms with E-state index in [0.29, 0.717) is 12.1 Å². The SMILES string of the molecule is CNC(=O)c1ccc2c(c1)CN(c1ncnc3c(C)cc(-c4cccnc4)cc13)CC2. The van der Waals surface area contributed by atoms with Crippen molar-refractivity contribution in [1.82, 2.24) is 20.3 Å². The van der Waals surface area contributed by atoms with Gasteiger partial charge in [-0.3, -0.25) is 9.78 Å². The van der Waals surface area contributed by atoms with E-state index in [0.717, 1.165) is 46.4 Å². The lowest BCUT2D eigenvalue weighted by molar-refractivity contribution is 0.0963. The van der Waals surface area contributed by atoms with Crippen molar-refractivity contribution in [3.63, 3.8) is 0 Å². The van der Waals surface area contributed by atoms with Crippen LogP contribution in [0.15, 0.2) is 61.2 Å². The summed E-state index contributed by atoms with van der Waals surface area (Å²) in [6.45, 7) is 3.66. The van der Waals surface area contributed by atoms with E-state index >= 15 is 0 Å². The summed E-state index contributed by atoms with van der Waals surface area (Å²) in [7, 11) is 1.66. The van der Waals surface area contributed by atoms with Crippen molar-refractivity contribution in [3.05, 3.63) is 83.4 Å². The normalized spacial score (nSPS) is 13.2. The van der Waals surface area contributed by atoms with Crippen LogP contribution in [-0.4, -0.2) is 34.5 Å². The molecule has 31 heavy (non-hydrogen) atoms. The highest BCUT2D eigenvalue weighted by Crippen LogP contribution is 2.33. The van der Waals surface area contributed by atoms with E-state index in [1.807, 2.05) is 24.4 Å². The van der Waals surface area contributed by atoms with Gasteiger partial charge in [0.05, 0.1) is 5.52 Å². The van der Waals surface area contributed by atoms with Gasteiger partial charge in [0.1, 0.15) is 12.1 Å². The van der Waals surface area contributed by atoms with E-state index in [4.69, 9.17) is 0 Å². The third kappa shape index (κ3) is 3.50. The maximum atomic E-state index is 12.1. The average molecular weight is 409 g/mol. The minimum atomic E-state index is -0.0656. The van der Waals surface area contributed by atoms with Crippen molar-refractivity contribution in [2.24, 2.45) is 0 Å². The summed E-state index contributed by atoms with van der Waals surface area (Å²) in [6.07, 6.45) is 6.21. The molecule has 6 heteroatoms. The number of hydrogen-bond acceptors (Lipinski definition) is 5. The Morgan fingerprint density at radius 3 is 2.77 bits per heavy atom. The maximum absolute atomic E-state index is 12.1. The van der Waals surface area contributed by atoms with Crippen LogP contribution in [0.2, 0.25) is 0 Å². The molecule has 2 aromatic heterocycles. The summed E-state index contributed by atoms with van der Waals surface area (Å²) >= 11 is 0. The molecule has 0 unspecified atom stereocenters. The number of nitrogens with zero attached hydrogens (tertiary/aromatic N) is 4. The van der Waals surface area contributed by atoms with Crippen molar-refractivity contribution < 1.29 is 4.79 Å². The predicted octanol–water partition coefficient (Wildman–Crippen LogP) is 3.92. The quantitative estimate of drug-likeness (QED) is 0.555. The molecule has 3 heterocycles. The molecule has 1 N–H and O–H groups in total. The van der Waals surface area contributed by atoms with Crippen molar-refractivity contribution in [3.8, 4) is 11.1 Å². The fraction of sp³-hybridized carbons (Fsp3) is 0.200. The van der Waals surface area contributed by atoms with E-state index in [1.54, 1.807) is 19.6 Å². The van der Waals surface area contributed by atoms with E-state index in [2.05, 4.69) is 56.4 Å². The van der Waals surface area contributed by atoms with Gasteiger partial charge in [-0.1, -0.05) is 12.1 Å². The molecule has 4 aromatic rings. The van der Waals surface area contributed by atoms with Crippen LogP contribution in [0.5, 0.6) is 0 Å². The van der Waals surface area contributed by atoms with Gasteiger partial charge in [0.2, 0.25) is 0 Å². The minimum Gasteiger partial charge on any atom is -0.355 e. The predicted molar refractivity (Wildman–Crippen MR) is 122 cm³/mol. The first-order chi connectivity index (χ1) is 15.1. The molecule has 0 saturated carbocycles. The summed E-state index contributed by atoms with van der Waals surface area (Å²) < 4.78 is 0. The molecular weight excluding hydrogens is 386 g/mol. The second-order valence-electron chi connectivity index (χ2n) is 7.86. The highest BCUT2D eigenvalue weighted by atomic mass is 16.1. The minimum absolute atomic E-state index is 0.0656. The van der Waals surface area contributed by atoms with Crippen molar-refractivity contribution in [1.29, 1.82) is 0 Å². The van der Waals surface area contributed by atoms with Gasteiger partial charge in [0.15, 0.2) is 0 Å². The third-order valence-corrected chi connectivity index (χ3v) is 5.91. The highest BCUT2D eigenvalue weighted by molar-refractivity contribution is 5.95. The Balaban J connectivity index is 1.58. The van der Waals surface area contributed by atoms with E-state index < -0.39 is 0 Å². The Labute approximate surface area is 181 Å². The Hall–Kier alpha value is -3.80. The Kier molecular flexibility index (Phi) is 4.82. The number of amides is 1. The number of anilines is 1. The smallest absolute Gasteiger partial charge is 0.251 e. The Morgan fingerprint density at radius 2 is 1.97 bits per heavy atom. The number of fused-ring (bicyclic) bond motifs is 2. The second kappa shape index (κ2) is 7.80. The van der Waals surface area contributed by atoms with Crippen LogP contribution in [0.1, 0.15) is 27.0 Å². The molecule has 2 aromatic carbocycles. The first-order valence-corrected chi connectivity index (χ1v) is 10.4. The number of rotatable bonds is 3. The number of nitrogens with one attached hydrogen (secondary N) is 1. The van der Waals surface area contributed by atoms with Crippen LogP contribution < -0.4 is 10.2 Å². The zero-order valence-corrected chi connectivity index (χ0v) is 17.6. The maximum Gasteiger partial charge on any atom is 0.251 e. The summed E-state index contributed by atoms with van der Waals surface area (Å²) in [4.78, 5) is 27.9. The number of carbonyl (C=O) groups excluding carboxylic acids is 1. The number of benzene rings is 2. The lowest BCUT2D eigenvalue weighted by Crippen LogP contribution is -2.31. The summed E-state index contributed by atoms with van der Waals surface area (Å²) in [5.74, 6) is 0.860. The molecule has 5 rings (SSSR count). The van der Waals surface area contributed by atoms with E-state index in [-0.39, 0.29) is 5.91 Å². The van der Waals surface area contributed by atoms with Crippen LogP contribution in [0, 0.1) is 6.92 Å². The molecule has 1 aliphatic heterocycles. The first kappa shape index (κ1) is 19.2. The number of carbonyl (C=O) groups is 1. The lowest BCUT2D eigenvalue weighted by atomic mass is 9.96. The van der Waals surface area contributed by atoms with Gasteiger partial charge in [0.25, 0.3) is 5.91 Å². The highest BCUT2D eigenvalue weighted by Gasteiger charge is 2.21. The lowest BCUT2D eigenvalue weighted by Gasteiger charge is -2.31. The van der Waals surface area contributed by atoms with Crippen LogP contribution in [0.4, 0.5) is 5.82 Å². The van der Waals surface area contributed by atoms with Gasteiger partial charge in [0, 0.05) is 49.0 Å². The standard InChI is InChI=1S/C25H23N5O/c1-16-10-20(19-4-3-8-27-13-19)12-22-23(16)28-15-29-24(22)30-9-7-17-5-6-18(25(31)26-2)11-21(17)14-30/h3-6,8,10-13,15H,7,9,14H2,1-2H3,(H,26,31). The summed E-state index contributed by atoms with van der Waals surface area (Å²) in [5.41, 5.74) is 7.39. The largest absolute Gasteiger partial charge is 0.355 e. The number of aryl methyl sites for hydroxylation is 1. The van der Waals surface area contributed by atoms with Gasteiger partial charge < -0.3 is 10.2 Å². The molecule has 0 atom stereocenters. The first-order valence-electron chi connectivity index (χ1n) is 10.4. The average Bonchev–Trinajstić information content (AvgIpc) is 2.83. The Bertz CT molecular complexity index is 1290. The summed E-state index contributed by atoms with van der Waals surface area (Å²) in [6, 6.07) is 14.3. The number of hydrogen-bond donors (Lipinski definition) is 1. The van der Waals surface area contributed by atoms with Gasteiger partial charge in [-0.15, -0.1) is 0 Å². The molecule has 0 bridgehead atoms. The molecule has 1 amide bonds. The zero-order chi connectivity index (χ0) is 21.4. The third-order valence-electron chi connectivity index (χ3n) is 5.91. The molecule has 154 valence electrons. The molecule has 0 spiro atoms. The zero-order valence-electron chi connectivity index (χ0n) is 17.6. The molecule has 0 saturated heterocycles. The van der Waals surface area contributed by atoms with Crippen molar-refractivity contribution in [2.75, 3.05) is 18.5 Å². The van der Waals surface area contributed by atoms with Crippen molar-refractivity contribution >= 4 is 22.6 Å². The molecule has 0 radical (unpaired) electrons. The molecule has 6 nitrogen and oxygen atoms in total. The number of aromatic nitrogens is 3. The number of pyridine rings is 1. The topological polar surface area (TPSA) is 71.0 Å². The summed E-state index contributed by atoms with van der Waals surface area (Å²) in [5, 5.41) is 3.74. The van der Waals surface area contributed by atoms with Gasteiger partial charge in [-0.2, -0.15) is 0 Å². The molecule has 0 aliphatic carbocycles. The Morgan fingerprint density at radius 1 is 1.06 bits per heavy atom. The molecule has 1 aliphatic rings. The van der Waals surface area contributed by atoms with Crippen LogP contribution in [-0.2, 0) is 13.0 Å². The van der Waals surface area contributed by atoms with Gasteiger partial charge in [-0.05, 0) is 65.9 Å². The molecule has 0 fully saturated rings. The van der Waals surface area contributed by atoms with Crippen LogP contribution >= 0.6 is 0 Å². The van der Waals surface area contributed by atoms with E-state index in [9.17, 15) is 4.79 Å².